The minimum atomic E-state index is -3.19. The molecule has 0 rings (SSSR count). The molecule has 0 saturated heterocycles. The molecule has 0 aromatic carbocycles. The van der Waals surface area contributed by atoms with Crippen LogP contribution >= 0.6 is 10.7 Å². The van der Waals surface area contributed by atoms with Crippen molar-refractivity contribution in [2.75, 3.05) is 25.7 Å². The molecule has 9 heteroatoms. The van der Waals surface area contributed by atoms with Gasteiger partial charge in [0.05, 0.1) is 19.1 Å². The number of hydrogen-bond acceptors (Lipinski definition) is 6. The zero-order chi connectivity index (χ0) is 18.5. The SMILES string of the molecule is CCC.CCC.CCO.CCOS(C)(=O)=O.CS(=O)(=O)Cl. The Balaban J connectivity index is -0.0000000540. The van der Waals surface area contributed by atoms with E-state index in [1.807, 2.05) is 0 Å². The van der Waals surface area contributed by atoms with E-state index in [9.17, 15) is 16.8 Å². The van der Waals surface area contributed by atoms with Gasteiger partial charge in [0.15, 0.2) is 0 Å². The number of aliphatic hydroxyl groups is 1. The highest BCUT2D eigenvalue weighted by Crippen LogP contribution is 1.83. The minimum Gasteiger partial charge on any atom is -0.397 e. The lowest BCUT2D eigenvalue weighted by Gasteiger charge is -1.90. The zero-order valence-electron chi connectivity index (χ0n) is 14.5. The molecule has 0 unspecified atom stereocenters. The van der Waals surface area contributed by atoms with Crippen LogP contribution in [-0.4, -0.2) is 47.7 Å². The van der Waals surface area contributed by atoms with Gasteiger partial charge in [-0.3, -0.25) is 4.18 Å². The van der Waals surface area contributed by atoms with Gasteiger partial charge < -0.3 is 5.11 Å². The van der Waals surface area contributed by atoms with Crippen LogP contribution in [0.25, 0.3) is 0 Å². The number of rotatable bonds is 2. The molecule has 136 valence electrons. The van der Waals surface area contributed by atoms with Crippen molar-refractivity contribution in [3.63, 3.8) is 0 Å². The normalized spacial score (nSPS) is 9.24. The Kier molecular flexibility index (Phi) is 39.3. The van der Waals surface area contributed by atoms with Crippen molar-refractivity contribution in [2.45, 2.75) is 54.4 Å². The van der Waals surface area contributed by atoms with Crippen LogP contribution in [0.1, 0.15) is 54.4 Å². The highest BCUT2D eigenvalue weighted by molar-refractivity contribution is 8.13. The topological polar surface area (TPSA) is 97.7 Å². The van der Waals surface area contributed by atoms with Crippen molar-refractivity contribution >= 4 is 29.9 Å². The highest BCUT2D eigenvalue weighted by Gasteiger charge is 1.94. The van der Waals surface area contributed by atoms with E-state index in [-0.39, 0.29) is 13.2 Å². The summed E-state index contributed by atoms with van der Waals surface area (Å²) in [4.78, 5) is 0. The van der Waals surface area contributed by atoms with Gasteiger partial charge in [0, 0.05) is 17.3 Å². The van der Waals surface area contributed by atoms with Crippen molar-refractivity contribution in [1.82, 2.24) is 0 Å². The third-order valence-electron chi connectivity index (χ3n) is 0.332. The Hall–Kier alpha value is 0.110. The largest absolute Gasteiger partial charge is 0.397 e. The van der Waals surface area contributed by atoms with E-state index in [0.717, 1.165) is 12.5 Å². The third-order valence-corrected chi connectivity index (χ3v) is 0.996. The fourth-order valence-corrected chi connectivity index (χ4v) is 0.642. The molecule has 0 bridgehead atoms. The molecule has 0 aromatic heterocycles. The standard InChI is InChI=1S/C3H8O3S.2C3H8.C2H6O.CH3ClO2S/c1-3-6-7(2,4)5;2*1-3-2;1-2-3;1-5(2,3)4/h3H2,1-2H3;2*3H2,1-2H3;3H,2H2,1H3;1H3. The molecule has 1 N–H and O–H groups in total. The van der Waals surface area contributed by atoms with Crippen LogP contribution < -0.4 is 0 Å². The van der Waals surface area contributed by atoms with Crippen LogP contribution in [0, 0.1) is 0 Å². The third kappa shape index (κ3) is 390. The lowest BCUT2D eigenvalue weighted by atomic mass is 10.6. The van der Waals surface area contributed by atoms with Crippen molar-refractivity contribution in [3.8, 4) is 0 Å². The van der Waals surface area contributed by atoms with E-state index in [1.54, 1.807) is 13.8 Å². The Bertz CT molecular complexity index is 326. The van der Waals surface area contributed by atoms with E-state index >= 15 is 0 Å². The summed E-state index contributed by atoms with van der Waals surface area (Å²) in [6.07, 6.45) is 4.45. The van der Waals surface area contributed by atoms with Crippen LogP contribution in [-0.2, 0) is 23.4 Å². The van der Waals surface area contributed by atoms with Gasteiger partial charge in [-0.15, -0.1) is 0 Å². The van der Waals surface area contributed by atoms with Crippen molar-refractivity contribution < 1.29 is 26.1 Å². The van der Waals surface area contributed by atoms with E-state index in [0.29, 0.717) is 0 Å². The molecule has 0 atom stereocenters. The smallest absolute Gasteiger partial charge is 0.264 e. The lowest BCUT2D eigenvalue weighted by Crippen LogP contribution is -2.00. The Morgan fingerprint density at radius 3 is 1.00 bits per heavy atom. The Morgan fingerprint density at radius 1 is 0.857 bits per heavy atom. The van der Waals surface area contributed by atoms with Crippen LogP contribution in [0.5, 0.6) is 0 Å². The van der Waals surface area contributed by atoms with Gasteiger partial charge in [-0.1, -0.05) is 40.5 Å². The van der Waals surface area contributed by atoms with Crippen LogP contribution in [0.3, 0.4) is 0 Å². The molecule has 0 aliphatic rings. The van der Waals surface area contributed by atoms with E-state index < -0.39 is 19.2 Å². The average molecular weight is 373 g/mol. The first-order chi connectivity index (χ1) is 9.30. The summed E-state index contributed by atoms with van der Waals surface area (Å²) in [5.74, 6) is 0. The molecule has 0 radical (unpaired) electrons. The fourth-order valence-electron chi connectivity index (χ4n) is 0.214. The molecule has 0 spiro atoms. The molecular weight excluding hydrogens is 340 g/mol. The maximum Gasteiger partial charge on any atom is 0.264 e. The lowest BCUT2D eigenvalue weighted by molar-refractivity contribution is 0.318. The maximum atomic E-state index is 10.0. The zero-order valence-corrected chi connectivity index (χ0v) is 16.9. The second-order valence-corrected chi connectivity index (χ2v) is 8.21. The van der Waals surface area contributed by atoms with Gasteiger partial charge in [-0.05, 0) is 13.8 Å². The molecular formula is C12H33ClO6S2. The van der Waals surface area contributed by atoms with Gasteiger partial charge >= 0.3 is 0 Å². The minimum absolute atomic E-state index is 0.221. The van der Waals surface area contributed by atoms with E-state index in [4.69, 9.17) is 5.11 Å². The van der Waals surface area contributed by atoms with Gasteiger partial charge in [0.2, 0.25) is 9.05 Å². The van der Waals surface area contributed by atoms with Gasteiger partial charge in [-0.2, -0.15) is 8.42 Å². The summed E-state index contributed by atoms with van der Waals surface area (Å²) in [6, 6.07) is 0. The first-order valence-electron chi connectivity index (χ1n) is 6.65. The summed E-state index contributed by atoms with van der Waals surface area (Å²) in [7, 11) is -1.87. The van der Waals surface area contributed by atoms with Gasteiger partial charge in [0.25, 0.3) is 10.1 Å². The summed E-state index contributed by atoms with van der Waals surface area (Å²) < 4.78 is 43.0. The second kappa shape index (κ2) is 25.1. The summed E-state index contributed by atoms with van der Waals surface area (Å²) in [5, 5.41) is 7.57. The average Bonchev–Trinajstić information content (AvgIpc) is 2.15. The fraction of sp³-hybridized carbons (Fsp3) is 1.00. The molecule has 0 heterocycles. The predicted molar refractivity (Wildman–Crippen MR) is 91.9 cm³/mol. The predicted octanol–water partition coefficient (Wildman–Crippen LogP) is 3.00. The van der Waals surface area contributed by atoms with E-state index in [1.165, 1.54) is 12.8 Å². The Labute approximate surface area is 136 Å². The molecule has 0 aliphatic carbocycles. The van der Waals surface area contributed by atoms with Gasteiger partial charge in [-0.25, -0.2) is 8.42 Å². The summed E-state index contributed by atoms with van der Waals surface area (Å²) in [6.45, 7) is 12.3. The number of halogens is 1. The first-order valence-corrected chi connectivity index (χ1v) is 11.2. The summed E-state index contributed by atoms with van der Waals surface area (Å²) >= 11 is 0. The second-order valence-electron chi connectivity index (χ2n) is 3.52. The Morgan fingerprint density at radius 2 is 1.00 bits per heavy atom. The molecule has 0 fully saturated rings. The van der Waals surface area contributed by atoms with Crippen LogP contribution in [0.2, 0.25) is 0 Å². The van der Waals surface area contributed by atoms with Crippen molar-refractivity contribution in [2.24, 2.45) is 0 Å². The first kappa shape index (κ1) is 32.9. The van der Waals surface area contributed by atoms with E-state index in [2.05, 4.69) is 42.6 Å². The van der Waals surface area contributed by atoms with Crippen molar-refractivity contribution in [3.05, 3.63) is 0 Å². The van der Waals surface area contributed by atoms with Gasteiger partial charge in [0.1, 0.15) is 0 Å². The number of hydrogen-bond donors (Lipinski definition) is 1. The summed E-state index contributed by atoms with van der Waals surface area (Å²) in [5.41, 5.74) is 0. The van der Waals surface area contributed by atoms with Crippen LogP contribution in [0.4, 0.5) is 0 Å². The molecule has 6 nitrogen and oxygen atoms in total. The molecule has 0 aliphatic heterocycles. The quantitative estimate of drug-likeness (QED) is 0.591. The maximum absolute atomic E-state index is 10.0. The molecule has 0 amide bonds. The number of aliphatic hydroxyl groups excluding tert-OH is 1. The monoisotopic (exact) mass is 372 g/mol. The van der Waals surface area contributed by atoms with Crippen LogP contribution in [0.15, 0.2) is 0 Å². The molecule has 21 heavy (non-hydrogen) atoms. The van der Waals surface area contributed by atoms with Crippen molar-refractivity contribution in [1.29, 1.82) is 0 Å². The molecule has 0 aromatic rings. The highest BCUT2D eigenvalue weighted by atomic mass is 35.7. The molecule has 0 saturated carbocycles.